The number of phenolic OH excluding ortho intramolecular Hbond substituents is 1. The summed E-state index contributed by atoms with van der Waals surface area (Å²) in [7, 11) is 1.36. The smallest absolute Gasteiger partial charge is 0.335 e. The van der Waals surface area contributed by atoms with Gasteiger partial charge in [0.15, 0.2) is 11.5 Å². The summed E-state index contributed by atoms with van der Waals surface area (Å²) in [6.07, 6.45) is 0. The van der Waals surface area contributed by atoms with Gasteiger partial charge in [-0.1, -0.05) is 0 Å². The molecule has 0 aromatic heterocycles. The second-order valence-electron chi connectivity index (χ2n) is 5.72. The van der Waals surface area contributed by atoms with Crippen LogP contribution in [-0.4, -0.2) is 82.9 Å². The Labute approximate surface area is 128 Å². The van der Waals surface area contributed by atoms with Crippen LogP contribution in [0.4, 0.5) is 0 Å². The minimum absolute atomic E-state index is 0.0671. The van der Waals surface area contributed by atoms with Crippen molar-refractivity contribution in [2.75, 3.05) is 47.1 Å². The van der Waals surface area contributed by atoms with Gasteiger partial charge < -0.3 is 14.9 Å². The first kappa shape index (κ1) is 15.0. The molecule has 0 radical (unpaired) electrons. The van der Waals surface area contributed by atoms with Gasteiger partial charge in [-0.05, 0) is 18.2 Å². The van der Waals surface area contributed by atoms with Gasteiger partial charge in [-0.2, -0.15) is 0 Å². The summed E-state index contributed by atoms with van der Waals surface area (Å²) in [6, 6.07) is 3.85. The Balaban J connectivity index is 0.000000132. The predicted octanol–water partition coefficient (Wildman–Crippen LogP) is 0.0792. The summed E-state index contributed by atoms with van der Waals surface area (Å²) < 4.78 is 4.72. The summed E-state index contributed by atoms with van der Waals surface area (Å²) in [5.41, 5.74) is 0.0876. The molecule has 22 heavy (non-hydrogen) atoms. The summed E-state index contributed by atoms with van der Waals surface area (Å²) in [6.45, 7) is 7.12. The largest absolute Gasteiger partial charge is 0.504 e. The van der Waals surface area contributed by atoms with E-state index in [2.05, 4.69) is 19.6 Å². The Morgan fingerprint density at radius 1 is 1.00 bits per heavy atom. The van der Waals surface area contributed by atoms with Gasteiger partial charge in [0.25, 0.3) is 0 Å². The summed E-state index contributed by atoms with van der Waals surface area (Å²) in [5.74, 6) is -0.953. The Morgan fingerprint density at radius 2 is 1.45 bits per heavy atom. The first-order valence-electron chi connectivity index (χ1n) is 7.05. The number of nitrogens with zero attached hydrogens (tertiary/aromatic N) is 4. The quantitative estimate of drug-likeness (QED) is 0.795. The van der Waals surface area contributed by atoms with E-state index in [1.165, 1.54) is 65.3 Å². The van der Waals surface area contributed by atoms with Crippen molar-refractivity contribution >= 4 is 5.97 Å². The Morgan fingerprint density at radius 3 is 1.82 bits per heavy atom. The van der Waals surface area contributed by atoms with Crippen molar-refractivity contribution in [3.8, 4) is 11.5 Å². The topological polar surface area (TPSA) is 79.7 Å². The van der Waals surface area contributed by atoms with Crippen molar-refractivity contribution in [2.45, 2.75) is 0 Å². The van der Waals surface area contributed by atoms with Crippen molar-refractivity contribution in [1.29, 1.82) is 0 Å². The van der Waals surface area contributed by atoms with E-state index in [1.54, 1.807) is 0 Å². The normalized spacial score (nSPS) is 31.3. The van der Waals surface area contributed by atoms with Crippen LogP contribution in [0.3, 0.4) is 0 Å². The molecule has 4 aliphatic rings. The molecule has 5 rings (SSSR count). The lowest BCUT2D eigenvalue weighted by atomic mass is 10.2. The number of carboxylic acid groups (broad SMARTS) is 1. The third-order valence-corrected chi connectivity index (χ3v) is 3.83. The zero-order valence-corrected chi connectivity index (χ0v) is 12.5. The minimum Gasteiger partial charge on any atom is -0.504 e. The summed E-state index contributed by atoms with van der Waals surface area (Å²) in [4.78, 5) is 20.3. The second kappa shape index (κ2) is 6.09. The van der Waals surface area contributed by atoms with Crippen molar-refractivity contribution < 1.29 is 19.7 Å². The zero-order chi connectivity index (χ0) is 15.7. The maximum Gasteiger partial charge on any atom is 0.335 e. The molecule has 4 fully saturated rings. The van der Waals surface area contributed by atoms with Gasteiger partial charge in [0, 0.05) is 0 Å². The number of hydrogen-bond donors (Lipinski definition) is 2. The SMILES string of the molecule is C1N2CN3CN1CN(C2)C3.COc1cc(C(=O)O)ccc1O. The van der Waals surface area contributed by atoms with Crippen LogP contribution < -0.4 is 4.74 Å². The van der Waals surface area contributed by atoms with E-state index in [4.69, 9.17) is 14.9 Å². The molecule has 0 amide bonds. The number of phenols is 1. The highest BCUT2D eigenvalue weighted by molar-refractivity contribution is 5.88. The molecule has 0 atom stereocenters. The van der Waals surface area contributed by atoms with Gasteiger partial charge >= 0.3 is 5.97 Å². The van der Waals surface area contributed by atoms with Crippen LogP contribution in [0, 0.1) is 0 Å². The molecule has 120 valence electrons. The molecule has 8 nitrogen and oxygen atoms in total. The van der Waals surface area contributed by atoms with Gasteiger partial charge in [-0.25, -0.2) is 4.79 Å². The van der Waals surface area contributed by atoms with Crippen LogP contribution in [0.1, 0.15) is 10.4 Å². The molecule has 1 aromatic carbocycles. The fourth-order valence-corrected chi connectivity index (χ4v) is 3.04. The van der Waals surface area contributed by atoms with Crippen molar-refractivity contribution in [2.24, 2.45) is 0 Å². The van der Waals surface area contributed by atoms with Crippen LogP contribution in [0.2, 0.25) is 0 Å². The molecule has 2 N–H and O–H groups in total. The Hall–Kier alpha value is -1.87. The van der Waals surface area contributed by atoms with E-state index in [1.807, 2.05) is 0 Å². The molecule has 4 saturated heterocycles. The third kappa shape index (κ3) is 3.14. The third-order valence-electron chi connectivity index (χ3n) is 3.83. The number of benzene rings is 1. The van der Waals surface area contributed by atoms with Crippen LogP contribution >= 0.6 is 0 Å². The van der Waals surface area contributed by atoms with Crippen molar-refractivity contribution in [3.63, 3.8) is 0 Å². The number of methoxy groups -OCH3 is 1. The Bertz CT molecular complexity index is 509. The van der Waals surface area contributed by atoms with Gasteiger partial charge in [0.05, 0.1) is 52.7 Å². The van der Waals surface area contributed by atoms with Crippen molar-refractivity contribution in [1.82, 2.24) is 19.6 Å². The Kier molecular flexibility index (Phi) is 4.16. The molecular formula is C14H20N4O4. The van der Waals surface area contributed by atoms with Gasteiger partial charge in [-0.15, -0.1) is 0 Å². The number of aromatic carboxylic acids is 1. The summed E-state index contributed by atoms with van der Waals surface area (Å²) in [5, 5.41) is 17.7. The van der Waals surface area contributed by atoms with E-state index in [-0.39, 0.29) is 17.1 Å². The molecule has 4 aliphatic heterocycles. The van der Waals surface area contributed by atoms with Crippen LogP contribution in [0.25, 0.3) is 0 Å². The highest BCUT2D eigenvalue weighted by atomic mass is 16.5. The van der Waals surface area contributed by atoms with E-state index in [0.717, 1.165) is 0 Å². The number of ether oxygens (including phenoxy) is 1. The van der Waals surface area contributed by atoms with Gasteiger partial charge in [0.2, 0.25) is 0 Å². The van der Waals surface area contributed by atoms with Crippen LogP contribution in [0.15, 0.2) is 18.2 Å². The van der Waals surface area contributed by atoms with E-state index in [9.17, 15) is 4.79 Å². The lowest BCUT2D eigenvalue weighted by Gasteiger charge is -2.56. The standard InChI is InChI=1S/C8H8O4.C6H12N4/c1-12-7-4-5(8(10)11)2-3-6(7)9;1-7-2-9-4-8(1)5-10(3-7)6-9/h2-4,9H,1H3,(H,10,11);1-6H2. The van der Waals surface area contributed by atoms with Crippen LogP contribution in [-0.2, 0) is 0 Å². The maximum absolute atomic E-state index is 10.4. The number of carbonyl (C=O) groups is 1. The maximum atomic E-state index is 10.4. The molecule has 0 unspecified atom stereocenters. The monoisotopic (exact) mass is 308 g/mol. The molecular weight excluding hydrogens is 288 g/mol. The first-order valence-corrected chi connectivity index (χ1v) is 7.05. The lowest BCUT2D eigenvalue weighted by molar-refractivity contribution is -0.194. The molecule has 1 aromatic rings. The zero-order valence-electron chi connectivity index (χ0n) is 12.5. The fraction of sp³-hybridized carbons (Fsp3) is 0.500. The number of aromatic hydroxyl groups is 1. The minimum atomic E-state index is -1.05. The predicted molar refractivity (Wildman–Crippen MR) is 78.2 cm³/mol. The van der Waals surface area contributed by atoms with E-state index >= 15 is 0 Å². The molecule has 4 bridgehead atoms. The van der Waals surface area contributed by atoms with E-state index < -0.39 is 5.97 Å². The molecule has 0 saturated carbocycles. The summed E-state index contributed by atoms with van der Waals surface area (Å²) >= 11 is 0. The van der Waals surface area contributed by atoms with Gasteiger partial charge in [0.1, 0.15) is 0 Å². The average molecular weight is 308 g/mol. The van der Waals surface area contributed by atoms with Gasteiger partial charge in [-0.3, -0.25) is 19.6 Å². The highest BCUT2D eigenvalue weighted by Gasteiger charge is 2.36. The molecule has 0 spiro atoms. The average Bonchev–Trinajstić information content (AvgIpc) is 2.46. The van der Waals surface area contributed by atoms with E-state index in [0.29, 0.717) is 0 Å². The van der Waals surface area contributed by atoms with Crippen LogP contribution in [0.5, 0.6) is 11.5 Å². The molecule has 4 heterocycles. The number of rotatable bonds is 2. The lowest BCUT2D eigenvalue weighted by Crippen LogP contribution is -2.71. The number of hydrogen-bond acceptors (Lipinski definition) is 7. The molecule has 0 aliphatic carbocycles. The van der Waals surface area contributed by atoms with Crippen molar-refractivity contribution in [3.05, 3.63) is 23.8 Å². The number of carboxylic acids is 1. The highest BCUT2D eigenvalue weighted by Crippen LogP contribution is 2.26. The first-order chi connectivity index (χ1) is 10.5. The molecule has 8 heteroatoms. The second-order valence-corrected chi connectivity index (χ2v) is 5.72. The fourth-order valence-electron chi connectivity index (χ4n) is 3.04.